The van der Waals surface area contributed by atoms with Crippen LogP contribution in [0, 0.1) is 5.92 Å². The van der Waals surface area contributed by atoms with Crippen LogP contribution in [0.25, 0.3) is 0 Å². The highest BCUT2D eigenvalue weighted by atomic mass is 79.9. The number of furan rings is 1. The maximum Gasteiger partial charge on any atom is 0.169 e. The zero-order chi connectivity index (χ0) is 11.5. The fourth-order valence-electron chi connectivity index (χ4n) is 2.25. The average Bonchev–Trinajstić information content (AvgIpc) is 2.65. The molecule has 0 radical (unpaired) electrons. The molecule has 0 unspecified atom stereocenters. The Morgan fingerprint density at radius 3 is 2.69 bits per heavy atom. The Balaban J connectivity index is 1.81. The van der Waals surface area contributed by atoms with Crippen LogP contribution in [0.3, 0.4) is 0 Å². The lowest BCUT2D eigenvalue weighted by atomic mass is 9.92. The van der Waals surface area contributed by atoms with Gasteiger partial charge in [-0.15, -0.1) is 0 Å². The van der Waals surface area contributed by atoms with Gasteiger partial charge in [-0.1, -0.05) is 0 Å². The molecule has 90 valence electrons. The summed E-state index contributed by atoms with van der Waals surface area (Å²) in [7, 11) is 0. The normalized spacial score (nSPS) is 21.2. The molecule has 1 aliphatic heterocycles. The van der Waals surface area contributed by atoms with Gasteiger partial charge in [0.2, 0.25) is 0 Å². The molecule has 1 saturated heterocycles. The van der Waals surface area contributed by atoms with Crippen LogP contribution in [0.5, 0.6) is 0 Å². The summed E-state index contributed by atoms with van der Waals surface area (Å²) >= 11 is 3.31. The number of halogens is 1. The predicted molar refractivity (Wildman–Crippen MR) is 66.1 cm³/mol. The minimum absolute atomic E-state index is 0.167. The number of aliphatic hydroxyl groups excluding tert-OH is 1. The SMILES string of the molecule is C[C@@H](O)C1CCN(Cc2ccc(Br)o2)CC1. The molecule has 1 N–H and O–H groups in total. The summed E-state index contributed by atoms with van der Waals surface area (Å²) < 4.78 is 6.28. The minimum Gasteiger partial charge on any atom is -0.453 e. The Morgan fingerprint density at radius 2 is 2.19 bits per heavy atom. The van der Waals surface area contributed by atoms with Crippen molar-refractivity contribution in [1.82, 2.24) is 4.90 Å². The molecule has 0 saturated carbocycles. The first-order valence-electron chi connectivity index (χ1n) is 5.80. The third-order valence-corrected chi connectivity index (χ3v) is 3.75. The van der Waals surface area contributed by atoms with Crippen molar-refractivity contribution >= 4 is 15.9 Å². The standard InChI is InChI=1S/C12H18BrNO2/c1-9(15)10-4-6-14(7-5-10)8-11-2-3-12(13)16-11/h2-3,9-10,15H,4-8H2,1H3/t9-/m1/s1. The second kappa shape index (κ2) is 5.34. The highest BCUT2D eigenvalue weighted by Gasteiger charge is 2.22. The molecule has 1 aromatic rings. The number of likely N-dealkylation sites (tertiary alicyclic amines) is 1. The van der Waals surface area contributed by atoms with E-state index in [1.807, 2.05) is 19.1 Å². The maximum absolute atomic E-state index is 9.51. The van der Waals surface area contributed by atoms with Crippen molar-refractivity contribution in [2.45, 2.75) is 32.4 Å². The zero-order valence-corrected chi connectivity index (χ0v) is 11.1. The highest BCUT2D eigenvalue weighted by Crippen LogP contribution is 2.23. The first-order chi connectivity index (χ1) is 7.65. The Hall–Kier alpha value is -0.320. The van der Waals surface area contributed by atoms with E-state index < -0.39 is 0 Å². The van der Waals surface area contributed by atoms with Gasteiger partial charge in [-0.25, -0.2) is 0 Å². The number of piperidine rings is 1. The topological polar surface area (TPSA) is 36.6 Å². The molecule has 0 aliphatic carbocycles. The Kier molecular flexibility index (Phi) is 4.05. The second-order valence-electron chi connectivity index (χ2n) is 4.56. The maximum atomic E-state index is 9.51. The smallest absolute Gasteiger partial charge is 0.169 e. The van der Waals surface area contributed by atoms with Gasteiger partial charge in [0.25, 0.3) is 0 Å². The van der Waals surface area contributed by atoms with Crippen LogP contribution in [0.2, 0.25) is 0 Å². The van der Waals surface area contributed by atoms with E-state index in [1.54, 1.807) is 0 Å². The molecule has 1 aromatic heterocycles. The number of hydrogen-bond donors (Lipinski definition) is 1. The van der Waals surface area contributed by atoms with Crippen LogP contribution in [-0.2, 0) is 6.54 Å². The van der Waals surface area contributed by atoms with E-state index in [4.69, 9.17) is 4.42 Å². The van der Waals surface area contributed by atoms with Crippen molar-refractivity contribution in [3.8, 4) is 0 Å². The summed E-state index contributed by atoms with van der Waals surface area (Å²) in [5.41, 5.74) is 0. The van der Waals surface area contributed by atoms with Gasteiger partial charge in [-0.3, -0.25) is 4.90 Å². The third-order valence-electron chi connectivity index (χ3n) is 3.32. The first-order valence-corrected chi connectivity index (χ1v) is 6.59. The lowest BCUT2D eigenvalue weighted by molar-refractivity contribution is 0.0672. The van der Waals surface area contributed by atoms with Gasteiger partial charge in [-0.2, -0.15) is 0 Å². The molecule has 0 spiro atoms. The minimum atomic E-state index is -0.167. The zero-order valence-electron chi connectivity index (χ0n) is 9.53. The van der Waals surface area contributed by atoms with Gasteiger partial charge in [0, 0.05) is 0 Å². The van der Waals surface area contributed by atoms with E-state index in [9.17, 15) is 5.11 Å². The summed E-state index contributed by atoms with van der Waals surface area (Å²) in [5, 5.41) is 9.51. The molecular weight excluding hydrogens is 270 g/mol. The van der Waals surface area contributed by atoms with Crippen LogP contribution in [0.15, 0.2) is 21.2 Å². The summed E-state index contributed by atoms with van der Waals surface area (Å²) in [6.07, 6.45) is 2.00. The van der Waals surface area contributed by atoms with Gasteiger partial charge < -0.3 is 9.52 Å². The quantitative estimate of drug-likeness (QED) is 0.929. The van der Waals surface area contributed by atoms with Crippen molar-refractivity contribution in [3.05, 3.63) is 22.6 Å². The molecule has 2 rings (SSSR count). The monoisotopic (exact) mass is 287 g/mol. The molecule has 1 aliphatic rings. The van der Waals surface area contributed by atoms with Crippen LogP contribution in [-0.4, -0.2) is 29.2 Å². The number of nitrogens with zero attached hydrogens (tertiary/aromatic N) is 1. The van der Waals surface area contributed by atoms with E-state index >= 15 is 0 Å². The van der Waals surface area contributed by atoms with Crippen LogP contribution in [0.1, 0.15) is 25.5 Å². The van der Waals surface area contributed by atoms with Crippen LogP contribution < -0.4 is 0 Å². The lowest BCUT2D eigenvalue weighted by Gasteiger charge is -2.32. The third kappa shape index (κ3) is 3.09. The Labute approximate surface area is 105 Å². The first kappa shape index (κ1) is 12.1. The van der Waals surface area contributed by atoms with Crippen molar-refractivity contribution in [3.63, 3.8) is 0 Å². The van der Waals surface area contributed by atoms with E-state index in [1.165, 1.54) is 0 Å². The summed E-state index contributed by atoms with van der Waals surface area (Å²) in [6.45, 7) is 4.86. The fourth-order valence-corrected chi connectivity index (χ4v) is 2.59. The molecule has 4 heteroatoms. The van der Waals surface area contributed by atoms with Crippen LogP contribution >= 0.6 is 15.9 Å². The average molecular weight is 288 g/mol. The van der Waals surface area contributed by atoms with Gasteiger partial charge in [0.05, 0.1) is 12.6 Å². The lowest BCUT2D eigenvalue weighted by Crippen LogP contribution is -2.36. The molecular formula is C12H18BrNO2. The van der Waals surface area contributed by atoms with E-state index in [0.717, 1.165) is 42.9 Å². The van der Waals surface area contributed by atoms with Crippen molar-refractivity contribution in [2.24, 2.45) is 5.92 Å². The molecule has 1 atom stereocenters. The van der Waals surface area contributed by atoms with E-state index in [2.05, 4.69) is 20.8 Å². The van der Waals surface area contributed by atoms with Gasteiger partial charge in [0.1, 0.15) is 5.76 Å². The van der Waals surface area contributed by atoms with Gasteiger partial charge in [0.15, 0.2) is 4.67 Å². The number of rotatable bonds is 3. The Morgan fingerprint density at radius 1 is 1.50 bits per heavy atom. The predicted octanol–water partition coefficient (Wildman–Crippen LogP) is 2.63. The molecule has 0 aromatic carbocycles. The Bertz CT molecular complexity index is 330. The molecule has 1 fully saturated rings. The molecule has 16 heavy (non-hydrogen) atoms. The largest absolute Gasteiger partial charge is 0.453 e. The molecule has 2 heterocycles. The molecule has 3 nitrogen and oxygen atoms in total. The summed E-state index contributed by atoms with van der Waals surface area (Å²) in [5.74, 6) is 1.47. The van der Waals surface area contributed by atoms with E-state index in [0.29, 0.717) is 5.92 Å². The van der Waals surface area contributed by atoms with Gasteiger partial charge in [-0.05, 0) is 66.8 Å². The highest BCUT2D eigenvalue weighted by molar-refractivity contribution is 9.10. The fraction of sp³-hybridized carbons (Fsp3) is 0.667. The molecule has 0 amide bonds. The van der Waals surface area contributed by atoms with Gasteiger partial charge >= 0.3 is 0 Å². The van der Waals surface area contributed by atoms with Crippen LogP contribution in [0.4, 0.5) is 0 Å². The van der Waals surface area contributed by atoms with E-state index in [-0.39, 0.29) is 6.10 Å². The van der Waals surface area contributed by atoms with Crippen molar-refractivity contribution in [1.29, 1.82) is 0 Å². The van der Waals surface area contributed by atoms with Crippen molar-refractivity contribution in [2.75, 3.05) is 13.1 Å². The van der Waals surface area contributed by atoms with Crippen molar-refractivity contribution < 1.29 is 9.52 Å². The second-order valence-corrected chi connectivity index (χ2v) is 5.34. The molecule has 0 bridgehead atoms. The number of aliphatic hydroxyl groups is 1. The number of hydrogen-bond acceptors (Lipinski definition) is 3. The summed E-state index contributed by atoms with van der Waals surface area (Å²) in [4.78, 5) is 2.38. The summed E-state index contributed by atoms with van der Waals surface area (Å²) in [6, 6.07) is 3.93.